The number of nitrogens with zero attached hydrogens (tertiary/aromatic N) is 1. The van der Waals surface area contributed by atoms with Gasteiger partial charge in [0.25, 0.3) is 0 Å². The van der Waals surface area contributed by atoms with Gasteiger partial charge in [0, 0.05) is 19.1 Å². The van der Waals surface area contributed by atoms with Gasteiger partial charge in [0.15, 0.2) is 0 Å². The second-order valence-electron chi connectivity index (χ2n) is 5.33. The molecule has 2 aliphatic rings. The molecule has 0 bridgehead atoms. The van der Waals surface area contributed by atoms with E-state index in [2.05, 4.69) is 4.90 Å². The van der Waals surface area contributed by atoms with Crippen LogP contribution in [0.25, 0.3) is 0 Å². The van der Waals surface area contributed by atoms with Crippen LogP contribution in [0.2, 0.25) is 0 Å². The molecule has 0 amide bonds. The minimum absolute atomic E-state index is 0.535. The Hall–Kier alpha value is -0.610. The largest absolute Gasteiger partial charge is 0.480 e. The van der Waals surface area contributed by atoms with Gasteiger partial charge in [0.05, 0.1) is 0 Å². The summed E-state index contributed by atoms with van der Waals surface area (Å²) in [7, 11) is 0. The number of hydrogen-bond donors (Lipinski definition) is 2. The van der Waals surface area contributed by atoms with Crippen molar-refractivity contribution < 1.29 is 9.90 Å². The third kappa shape index (κ3) is 2.38. The van der Waals surface area contributed by atoms with Gasteiger partial charge in [-0.2, -0.15) is 0 Å². The zero-order valence-corrected chi connectivity index (χ0v) is 9.82. The van der Waals surface area contributed by atoms with Crippen molar-refractivity contribution >= 4 is 5.97 Å². The van der Waals surface area contributed by atoms with E-state index in [1.54, 1.807) is 0 Å². The van der Waals surface area contributed by atoms with Gasteiger partial charge in [-0.05, 0) is 19.3 Å². The summed E-state index contributed by atoms with van der Waals surface area (Å²) >= 11 is 0. The molecular weight excluding hydrogens is 204 g/mol. The van der Waals surface area contributed by atoms with Crippen LogP contribution in [-0.4, -0.2) is 40.6 Å². The fourth-order valence-electron chi connectivity index (χ4n) is 2.97. The highest BCUT2D eigenvalue weighted by Gasteiger charge is 2.43. The molecule has 0 spiro atoms. The molecule has 1 aliphatic heterocycles. The Balaban J connectivity index is 1.94. The molecule has 0 radical (unpaired) electrons. The highest BCUT2D eigenvalue weighted by atomic mass is 16.4. The Morgan fingerprint density at radius 3 is 2.38 bits per heavy atom. The highest BCUT2D eigenvalue weighted by Crippen LogP contribution is 2.28. The SMILES string of the molecule is NC1(C(=O)O)CCN(C2CCCCCC2)C1. The molecule has 1 heterocycles. The average molecular weight is 226 g/mol. The Labute approximate surface area is 96.8 Å². The normalized spacial score (nSPS) is 33.8. The van der Waals surface area contributed by atoms with Gasteiger partial charge in [0.2, 0.25) is 0 Å². The fourth-order valence-corrected chi connectivity index (χ4v) is 2.97. The molecule has 0 aromatic rings. The Morgan fingerprint density at radius 1 is 1.25 bits per heavy atom. The molecule has 3 N–H and O–H groups in total. The number of carboxylic acids is 1. The van der Waals surface area contributed by atoms with Crippen LogP contribution in [0.3, 0.4) is 0 Å². The van der Waals surface area contributed by atoms with E-state index in [0.29, 0.717) is 19.0 Å². The summed E-state index contributed by atoms with van der Waals surface area (Å²) in [5.74, 6) is -0.844. The third-order valence-electron chi connectivity index (χ3n) is 4.10. The molecular formula is C12H22N2O2. The average Bonchev–Trinajstić information content (AvgIpc) is 2.51. The minimum atomic E-state index is -0.994. The van der Waals surface area contributed by atoms with E-state index in [4.69, 9.17) is 10.8 Å². The fraction of sp³-hybridized carbons (Fsp3) is 0.917. The van der Waals surface area contributed by atoms with E-state index in [0.717, 1.165) is 6.54 Å². The smallest absolute Gasteiger partial charge is 0.325 e. The minimum Gasteiger partial charge on any atom is -0.480 e. The summed E-state index contributed by atoms with van der Waals surface area (Å²) in [6.45, 7) is 1.39. The molecule has 92 valence electrons. The summed E-state index contributed by atoms with van der Waals surface area (Å²) in [6.07, 6.45) is 8.26. The van der Waals surface area contributed by atoms with Gasteiger partial charge in [-0.15, -0.1) is 0 Å². The van der Waals surface area contributed by atoms with Gasteiger partial charge in [-0.1, -0.05) is 25.7 Å². The van der Waals surface area contributed by atoms with E-state index in [9.17, 15) is 4.79 Å². The van der Waals surface area contributed by atoms with Crippen LogP contribution in [-0.2, 0) is 4.79 Å². The van der Waals surface area contributed by atoms with Crippen LogP contribution in [0, 0.1) is 0 Å². The lowest BCUT2D eigenvalue weighted by atomic mass is 10.0. The number of carbonyl (C=O) groups is 1. The van der Waals surface area contributed by atoms with Crippen LogP contribution in [0.1, 0.15) is 44.9 Å². The lowest BCUT2D eigenvalue weighted by Crippen LogP contribution is -2.51. The molecule has 4 nitrogen and oxygen atoms in total. The van der Waals surface area contributed by atoms with Crippen LogP contribution in [0.15, 0.2) is 0 Å². The molecule has 1 atom stereocenters. The van der Waals surface area contributed by atoms with Crippen molar-refractivity contribution in [2.24, 2.45) is 5.73 Å². The van der Waals surface area contributed by atoms with Gasteiger partial charge < -0.3 is 10.8 Å². The van der Waals surface area contributed by atoms with Crippen LogP contribution < -0.4 is 5.73 Å². The van der Waals surface area contributed by atoms with Gasteiger partial charge in [-0.25, -0.2) is 0 Å². The zero-order valence-electron chi connectivity index (χ0n) is 9.82. The van der Waals surface area contributed by atoms with Crippen molar-refractivity contribution in [1.29, 1.82) is 0 Å². The summed E-state index contributed by atoms with van der Waals surface area (Å²) in [6, 6.07) is 0.576. The van der Waals surface area contributed by atoms with Gasteiger partial charge in [-0.3, -0.25) is 9.69 Å². The Kier molecular flexibility index (Phi) is 3.50. The van der Waals surface area contributed by atoms with E-state index < -0.39 is 11.5 Å². The third-order valence-corrected chi connectivity index (χ3v) is 4.10. The molecule has 0 aromatic heterocycles. The number of aliphatic carboxylic acids is 1. The second kappa shape index (κ2) is 4.72. The first-order valence-electron chi connectivity index (χ1n) is 6.38. The number of hydrogen-bond acceptors (Lipinski definition) is 3. The maximum absolute atomic E-state index is 11.1. The van der Waals surface area contributed by atoms with E-state index in [-0.39, 0.29) is 0 Å². The van der Waals surface area contributed by atoms with Gasteiger partial charge in [0.1, 0.15) is 5.54 Å². The summed E-state index contributed by atoms with van der Waals surface area (Å²) in [5.41, 5.74) is 4.90. The molecule has 1 saturated carbocycles. The summed E-state index contributed by atoms with van der Waals surface area (Å²) in [4.78, 5) is 13.4. The molecule has 0 aromatic carbocycles. The van der Waals surface area contributed by atoms with Crippen LogP contribution >= 0.6 is 0 Å². The predicted molar refractivity (Wildman–Crippen MR) is 62.2 cm³/mol. The summed E-state index contributed by atoms with van der Waals surface area (Å²) in [5, 5.41) is 9.09. The van der Waals surface area contributed by atoms with Crippen molar-refractivity contribution in [2.45, 2.75) is 56.5 Å². The molecule has 1 aliphatic carbocycles. The first-order chi connectivity index (χ1) is 7.62. The number of carboxylic acid groups (broad SMARTS) is 1. The maximum atomic E-state index is 11.1. The van der Waals surface area contributed by atoms with Crippen molar-refractivity contribution in [3.63, 3.8) is 0 Å². The molecule has 4 heteroatoms. The summed E-state index contributed by atoms with van der Waals surface area (Å²) < 4.78 is 0. The lowest BCUT2D eigenvalue weighted by Gasteiger charge is -2.27. The molecule has 2 fully saturated rings. The van der Waals surface area contributed by atoms with Gasteiger partial charge >= 0.3 is 5.97 Å². The highest BCUT2D eigenvalue weighted by molar-refractivity contribution is 5.79. The van der Waals surface area contributed by atoms with E-state index in [1.165, 1.54) is 38.5 Å². The number of nitrogens with two attached hydrogens (primary N) is 1. The first-order valence-corrected chi connectivity index (χ1v) is 6.38. The maximum Gasteiger partial charge on any atom is 0.325 e. The van der Waals surface area contributed by atoms with Crippen molar-refractivity contribution in [2.75, 3.05) is 13.1 Å². The molecule has 1 unspecified atom stereocenters. The lowest BCUT2D eigenvalue weighted by molar-refractivity contribution is -0.142. The van der Waals surface area contributed by atoms with Crippen LogP contribution in [0.4, 0.5) is 0 Å². The quantitative estimate of drug-likeness (QED) is 0.694. The topological polar surface area (TPSA) is 66.6 Å². The van der Waals surface area contributed by atoms with Crippen molar-refractivity contribution in [3.8, 4) is 0 Å². The van der Waals surface area contributed by atoms with Crippen molar-refractivity contribution in [1.82, 2.24) is 4.90 Å². The standard InChI is InChI=1S/C12H22N2O2/c13-12(11(15)16)7-8-14(9-12)10-5-3-1-2-4-6-10/h10H,1-9,13H2,(H,15,16). The van der Waals surface area contributed by atoms with Crippen molar-refractivity contribution in [3.05, 3.63) is 0 Å². The Morgan fingerprint density at radius 2 is 1.88 bits per heavy atom. The molecule has 2 rings (SSSR count). The molecule has 1 saturated heterocycles. The van der Waals surface area contributed by atoms with E-state index in [1.807, 2.05) is 0 Å². The zero-order chi connectivity index (χ0) is 11.6. The number of likely N-dealkylation sites (tertiary alicyclic amines) is 1. The second-order valence-corrected chi connectivity index (χ2v) is 5.33. The predicted octanol–water partition coefficient (Wildman–Crippen LogP) is 1.20. The number of rotatable bonds is 2. The Bertz CT molecular complexity index is 262. The van der Waals surface area contributed by atoms with E-state index >= 15 is 0 Å². The molecule has 16 heavy (non-hydrogen) atoms. The van der Waals surface area contributed by atoms with Crippen LogP contribution in [0.5, 0.6) is 0 Å². The first kappa shape index (κ1) is 11.9. The monoisotopic (exact) mass is 226 g/mol.